The monoisotopic (exact) mass is 416 g/mol. The van der Waals surface area contributed by atoms with E-state index in [1.807, 2.05) is 11.6 Å². The molecular weight excluding hydrogens is 387 g/mol. The molecule has 0 spiro atoms. The smallest absolute Gasteiger partial charge is 0.240 e. The highest BCUT2D eigenvalue weighted by Crippen LogP contribution is 2.57. The number of nitrogens with one attached hydrogen (secondary N) is 1. The van der Waals surface area contributed by atoms with Crippen LogP contribution in [0.3, 0.4) is 0 Å². The van der Waals surface area contributed by atoms with Gasteiger partial charge >= 0.3 is 0 Å². The molecule has 27 heavy (non-hydrogen) atoms. The number of carbonyl (C=O) groups excluding carboxylic acids is 2. The molecule has 0 aromatic heterocycles. The number of Topliss-reactive ketones (excluding diaryl/α,β-unsaturated/α-hetero) is 1. The molecule has 1 N–H and O–H groups in total. The normalized spacial score (nSPS) is 37.6. The first-order valence-corrected chi connectivity index (χ1v) is 11.3. The largest absolute Gasteiger partial charge is 0.380 e. The summed E-state index contributed by atoms with van der Waals surface area (Å²) >= 11 is 0. The molecule has 2 saturated carbocycles. The Kier molecular flexibility index (Phi) is 5.34. The van der Waals surface area contributed by atoms with Crippen LogP contribution in [-0.2, 0) is 24.3 Å². The Balaban J connectivity index is 1.75. The number of ether oxygens (including phenoxy) is 1. The molecule has 3 fully saturated rings. The van der Waals surface area contributed by atoms with E-state index in [9.17, 15) is 18.0 Å². The van der Waals surface area contributed by atoms with E-state index in [1.54, 1.807) is 20.1 Å². The van der Waals surface area contributed by atoms with Crippen LogP contribution in [0.5, 0.6) is 0 Å². The predicted octanol–water partition coefficient (Wildman–Crippen LogP) is 1.26. The summed E-state index contributed by atoms with van der Waals surface area (Å²) in [6.07, 6.45) is 3.15. The van der Waals surface area contributed by atoms with Crippen LogP contribution in [0.25, 0.3) is 0 Å². The average molecular weight is 416 g/mol. The van der Waals surface area contributed by atoms with Crippen molar-refractivity contribution in [2.24, 2.45) is 17.3 Å². The number of hydrogen-bond acceptors (Lipinski definition) is 6. The van der Waals surface area contributed by atoms with Gasteiger partial charge in [-0.1, -0.05) is 22.4 Å². The van der Waals surface area contributed by atoms with E-state index in [2.05, 4.69) is 20.7 Å². The summed E-state index contributed by atoms with van der Waals surface area (Å²) in [4.78, 5) is 25.9. The summed E-state index contributed by atoms with van der Waals surface area (Å²) in [6.45, 7) is 7.96. The van der Waals surface area contributed by atoms with E-state index >= 15 is 0 Å². The number of carbonyl (C=O) groups is 2. The van der Waals surface area contributed by atoms with E-state index in [1.165, 1.54) is 0 Å². The van der Waals surface area contributed by atoms with Crippen LogP contribution in [0.1, 0.15) is 39.5 Å². The van der Waals surface area contributed by atoms with Gasteiger partial charge in [0, 0.05) is 26.0 Å². The van der Waals surface area contributed by atoms with Crippen molar-refractivity contribution in [2.45, 2.75) is 56.4 Å². The van der Waals surface area contributed by atoms with E-state index in [0.29, 0.717) is 25.8 Å². The average Bonchev–Trinajstić information content (AvgIpc) is 3.47. The topological polar surface area (TPSA) is 92.8 Å². The summed E-state index contributed by atoms with van der Waals surface area (Å²) in [5.74, 6) is -0.823. The van der Waals surface area contributed by atoms with Crippen LogP contribution in [-0.4, -0.2) is 55.3 Å². The predicted molar refractivity (Wildman–Crippen MR) is 105 cm³/mol. The van der Waals surface area contributed by atoms with Gasteiger partial charge in [0.25, 0.3) is 0 Å². The zero-order valence-corrected chi connectivity index (χ0v) is 18.1. The Morgan fingerprint density at radius 2 is 2.04 bits per heavy atom. The van der Waals surface area contributed by atoms with E-state index in [4.69, 9.17) is 4.74 Å². The van der Waals surface area contributed by atoms with Gasteiger partial charge in [-0.2, -0.15) is 0 Å². The van der Waals surface area contributed by atoms with Gasteiger partial charge in [0.15, 0.2) is 5.78 Å². The zero-order chi connectivity index (χ0) is 20.2. The molecule has 0 aromatic carbocycles. The fourth-order valence-electron chi connectivity index (χ4n) is 4.15. The van der Waals surface area contributed by atoms with E-state index < -0.39 is 26.1 Å². The maximum atomic E-state index is 13.0. The summed E-state index contributed by atoms with van der Waals surface area (Å²) in [5, 5.41) is 0. The highest BCUT2D eigenvalue weighted by molar-refractivity contribution is 7.91. The fraction of sp³-hybridized carbons (Fsp3) is 0.778. The summed E-state index contributed by atoms with van der Waals surface area (Å²) in [5.41, 5.74) is -1.01. The number of ketones is 1. The molecule has 7 nitrogen and oxygen atoms in total. The summed E-state index contributed by atoms with van der Waals surface area (Å²) in [6, 6.07) is -0.367. The highest BCUT2D eigenvalue weighted by atomic mass is 32.2. The molecule has 1 amide bonds. The van der Waals surface area contributed by atoms with Crippen molar-refractivity contribution < 1.29 is 22.7 Å². The number of hydrogen-bond donors (Lipinski definition) is 1. The Bertz CT molecular complexity index is 766. The van der Waals surface area contributed by atoms with Crippen LogP contribution in [0.2, 0.25) is 0 Å². The second-order valence-electron chi connectivity index (χ2n) is 8.50. The summed E-state index contributed by atoms with van der Waals surface area (Å²) < 4.78 is 33.6. The Labute approximate surface area is 163 Å². The van der Waals surface area contributed by atoms with Crippen molar-refractivity contribution in [3.05, 3.63) is 12.7 Å². The van der Waals surface area contributed by atoms with Gasteiger partial charge in [0.1, 0.15) is 0 Å². The minimum absolute atomic E-state index is 0.00449. The molecule has 1 heterocycles. The molecule has 0 aromatic rings. The van der Waals surface area contributed by atoms with Crippen LogP contribution < -0.4 is 4.72 Å². The molecule has 2 unspecified atom stereocenters. The zero-order valence-electron chi connectivity index (χ0n) is 16.1. The van der Waals surface area contributed by atoms with Crippen molar-refractivity contribution in [2.75, 3.05) is 13.7 Å². The standard InChI is InChI=1S/C18H29N2O5PS/c1-5-12-8-18(12,16(22)19-27(23,24)17(3)6-7-17)9-13(21)15-11(2)14(25-4)10-20(15)26/h5,11-12,14-15H,1,6-10,26H2,2-4H3,(H,19,22)/t11?,12-,14+,15+,18-/m1/s1. The third kappa shape index (κ3) is 3.50. The van der Waals surface area contributed by atoms with Crippen molar-refractivity contribution in [3.8, 4) is 0 Å². The van der Waals surface area contributed by atoms with Crippen molar-refractivity contribution >= 4 is 31.1 Å². The summed E-state index contributed by atoms with van der Waals surface area (Å²) in [7, 11) is 0.459. The number of rotatable bonds is 8. The third-order valence-corrected chi connectivity index (χ3v) is 9.35. The Hall–Kier alpha value is -0.820. The molecular formula is C18H29N2O5PS. The van der Waals surface area contributed by atoms with Gasteiger partial charge in [-0.3, -0.25) is 19.0 Å². The van der Waals surface area contributed by atoms with E-state index in [0.717, 1.165) is 0 Å². The minimum Gasteiger partial charge on any atom is -0.380 e. The third-order valence-electron chi connectivity index (χ3n) is 6.66. The lowest BCUT2D eigenvalue weighted by atomic mass is 9.88. The van der Waals surface area contributed by atoms with Gasteiger partial charge in [-0.05, 0) is 32.1 Å². The minimum atomic E-state index is -3.73. The second-order valence-corrected chi connectivity index (χ2v) is 11.4. The lowest BCUT2D eigenvalue weighted by Gasteiger charge is -2.25. The number of allylic oxidation sites excluding steroid dienone is 1. The maximum Gasteiger partial charge on any atom is 0.240 e. The van der Waals surface area contributed by atoms with Crippen LogP contribution >= 0.6 is 9.39 Å². The van der Waals surface area contributed by atoms with Crippen molar-refractivity contribution in [3.63, 3.8) is 0 Å². The Morgan fingerprint density at radius 1 is 1.41 bits per heavy atom. The maximum absolute atomic E-state index is 13.0. The second kappa shape index (κ2) is 6.90. The molecule has 152 valence electrons. The number of sulfonamides is 1. The van der Waals surface area contributed by atoms with Gasteiger partial charge in [-0.15, -0.1) is 6.58 Å². The van der Waals surface area contributed by atoms with Crippen LogP contribution in [0, 0.1) is 17.3 Å². The molecule has 1 saturated heterocycles. The van der Waals surface area contributed by atoms with Crippen LogP contribution in [0.15, 0.2) is 12.7 Å². The first-order valence-electron chi connectivity index (χ1n) is 9.27. The first kappa shape index (κ1) is 20.9. The molecule has 9 heteroatoms. The van der Waals surface area contributed by atoms with Crippen molar-refractivity contribution in [1.29, 1.82) is 0 Å². The molecule has 0 bridgehead atoms. The van der Waals surface area contributed by atoms with Crippen LogP contribution in [0.4, 0.5) is 0 Å². The highest BCUT2D eigenvalue weighted by Gasteiger charge is 2.62. The Morgan fingerprint density at radius 3 is 2.48 bits per heavy atom. The SMILES string of the molecule is C=C[C@@H]1C[C@]1(CC(=O)[C@@H]1C(C)[C@@H](OC)CN1P)C(=O)NS(=O)(=O)C1(C)CC1. The fourth-order valence-corrected chi connectivity index (χ4v) is 6.13. The first-order chi connectivity index (χ1) is 12.5. The quantitative estimate of drug-likeness (QED) is 0.473. The molecule has 3 aliphatic rings. The van der Waals surface area contributed by atoms with Gasteiger partial charge in [0.05, 0.1) is 22.3 Å². The molecule has 2 aliphatic carbocycles. The lowest BCUT2D eigenvalue weighted by molar-refractivity contribution is -0.131. The van der Waals surface area contributed by atoms with Gasteiger partial charge in [-0.25, -0.2) is 8.42 Å². The molecule has 6 atom stereocenters. The number of amides is 1. The van der Waals surface area contributed by atoms with Gasteiger partial charge in [0.2, 0.25) is 15.9 Å². The van der Waals surface area contributed by atoms with E-state index in [-0.39, 0.29) is 36.2 Å². The molecule has 0 radical (unpaired) electrons. The number of methoxy groups -OCH3 is 1. The lowest BCUT2D eigenvalue weighted by Crippen LogP contribution is -2.45. The number of nitrogens with zero attached hydrogens (tertiary/aromatic N) is 1. The molecule has 3 rings (SSSR count). The van der Waals surface area contributed by atoms with Gasteiger partial charge < -0.3 is 4.74 Å². The van der Waals surface area contributed by atoms with Crippen molar-refractivity contribution in [1.82, 2.24) is 9.39 Å². The molecule has 1 aliphatic heterocycles.